The van der Waals surface area contributed by atoms with E-state index in [4.69, 9.17) is 9.47 Å². The molecular weight excluding hydrogens is 218 g/mol. The van der Waals surface area contributed by atoms with Crippen LogP contribution in [0.25, 0.3) is 0 Å². The molecule has 0 amide bonds. The molecule has 0 aromatic heterocycles. The average molecular weight is 235 g/mol. The Bertz CT molecular complexity index is 408. The molecule has 1 fully saturated rings. The van der Waals surface area contributed by atoms with E-state index in [-0.39, 0.29) is 12.1 Å². The van der Waals surface area contributed by atoms with Gasteiger partial charge in [0.1, 0.15) is 0 Å². The van der Waals surface area contributed by atoms with Crippen LogP contribution in [0.15, 0.2) is 18.2 Å². The van der Waals surface area contributed by atoms with Gasteiger partial charge in [-0.15, -0.1) is 0 Å². The Balaban J connectivity index is 1.72. The number of rotatable bonds is 2. The first-order valence-corrected chi connectivity index (χ1v) is 6.17. The van der Waals surface area contributed by atoms with Crippen LogP contribution in [-0.4, -0.2) is 24.0 Å². The van der Waals surface area contributed by atoms with E-state index >= 15 is 0 Å². The number of fused-ring (bicyclic) bond motifs is 1. The van der Waals surface area contributed by atoms with E-state index in [0.717, 1.165) is 36.4 Å². The minimum Gasteiger partial charge on any atom is -0.454 e. The van der Waals surface area contributed by atoms with E-state index in [1.54, 1.807) is 0 Å². The van der Waals surface area contributed by atoms with Gasteiger partial charge in [0.05, 0.1) is 12.1 Å². The normalized spacial score (nSPS) is 26.9. The molecule has 0 saturated heterocycles. The summed E-state index contributed by atoms with van der Waals surface area (Å²) in [4.78, 5) is 0. The lowest BCUT2D eigenvalue weighted by molar-refractivity contribution is 0.116. The van der Waals surface area contributed by atoms with Gasteiger partial charge in [-0.2, -0.15) is 0 Å². The molecule has 2 atom stereocenters. The van der Waals surface area contributed by atoms with Crippen LogP contribution in [0.3, 0.4) is 0 Å². The molecule has 0 spiro atoms. The maximum absolute atomic E-state index is 9.91. The van der Waals surface area contributed by atoms with E-state index < -0.39 is 0 Å². The molecule has 1 aromatic carbocycles. The van der Waals surface area contributed by atoms with Gasteiger partial charge in [-0.3, -0.25) is 0 Å². The summed E-state index contributed by atoms with van der Waals surface area (Å²) in [6.07, 6.45) is 3.98. The molecule has 2 unspecified atom stereocenters. The Morgan fingerprint density at radius 3 is 2.82 bits per heavy atom. The zero-order valence-electron chi connectivity index (χ0n) is 9.69. The number of aliphatic hydroxyl groups is 1. The molecule has 4 nitrogen and oxygen atoms in total. The predicted octanol–water partition coefficient (Wildman–Crippen LogP) is 2.13. The number of hydrogen-bond acceptors (Lipinski definition) is 4. The second-order valence-corrected chi connectivity index (χ2v) is 4.67. The molecule has 17 heavy (non-hydrogen) atoms. The highest BCUT2D eigenvalue weighted by atomic mass is 16.7. The van der Waals surface area contributed by atoms with Gasteiger partial charge < -0.3 is 19.9 Å². The molecule has 0 radical (unpaired) electrons. The Labute approximate surface area is 101 Å². The van der Waals surface area contributed by atoms with Crippen LogP contribution in [-0.2, 0) is 0 Å². The third-order valence-electron chi connectivity index (χ3n) is 3.45. The highest BCUT2D eigenvalue weighted by Gasteiger charge is 2.23. The van der Waals surface area contributed by atoms with E-state index in [1.807, 2.05) is 18.2 Å². The topological polar surface area (TPSA) is 50.7 Å². The Morgan fingerprint density at radius 2 is 1.94 bits per heavy atom. The fourth-order valence-electron chi connectivity index (χ4n) is 2.48. The van der Waals surface area contributed by atoms with Crippen LogP contribution in [0, 0.1) is 0 Å². The molecular formula is C13H17NO3. The summed E-state index contributed by atoms with van der Waals surface area (Å²) in [7, 11) is 0. The van der Waals surface area contributed by atoms with Gasteiger partial charge in [0.25, 0.3) is 0 Å². The van der Waals surface area contributed by atoms with Crippen molar-refractivity contribution >= 4 is 5.69 Å². The van der Waals surface area contributed by atoms with Crippen LogP contribution < -0.4 is 14.8 Å². The molecule has 3 rings (SSSR count). The lowest BCUT2D eigenvalue weighted by atomic mass is 9.92. The zero-order valence-corrected chi connectivity index (χ0v) is 9.69. The highest BCUT2D eigenvalue weighted by Crippen LogP contribution is 2.35. The van der Waals surface area contributed by atoms with Gasteiger partial charge in [0, 0.05) is 11.8 Å². The first-order chi connectivity index (χ1) is 8.33. The molecule has 92 valence electrons. The third-order valence-corrected chi connectivity index (χ3v) is 3.45. The quantitative estimate of drug-likeness (QED) is 0.824. The molecule has 2 aliphatic rings. The average Bonchev–Trinajstić information content (AvgIpc) is 2.79. The monoisotopic (exact) mass is 235 g/mol. The summed E-state index contributed by atoms with van der Waals surface area (Å²) in [6, 6.07) is 5.96. The Hall–Kier alpha value is -1.42. The first-order valence-electron chi connectivity index (χ1n) is 6.17. The highest BCUT2D eigenvalue weighted by molar-refractivity contribution is 5.56. The van der Waals surface area contributed by atoms with Crippen LogP contribution >= 0.6 is 0 Å². The summed E-state index contributed by atoms with van der Waals surface area (Å²) >= 11 is 0. The van der Waals surface area contributed by atoms with E-state index in [2.05, 4.69) is 5.32 Å². The van der Waals surface area contributed by atoms with Gasteiger partial charge in [-0.05, 0) is 25.0 Å². The largest absolute Gasteiger partial charge is 0.454 e. The van der Waals surface area contributed by atoms with Gasteiger partial charge in [0.15, 0.2) is 11.5 Å². The maximum atomic E-state index is 9.91. The minimum absolute atomic E-state index is 0.157. The van der Waals surface area contributed by atoms with E-state index in [9.17, 15) is 5.11 Å². The van der Waals surface area contributed by atoms with Crippen molar-refractivity contribution in [3.63, 3.8) is 0 Å². The molecule has 1 aliphatic carbocycles. The number of hydrogen-bond donors (Lipinski definition) is 2. The van der Waals surface area contributed by atoms with Gasteiger partial charge in [-0.1, -0.05) is 12.8 Å². The summed E-state index contributed by atoms with van der Waals surface area (Å²) in [5.74, 6) is 1.57. The van der Waals surface area contributed by atoms with Crippen LogP contribution in [0.2, 0.25) is 0 Å². The second kappa shape index (κ2) is 4.45. The standard InChI is InChI=1S/C13H17NO3/c15-11-4-2-1-3-10(11)14-9-5-6-12-13(7-9)17-8-16-12/h5-7,10-11,14-15H,1-4,8H2. The summed E-state index contributed by atoms with van der Waals surface area (Å²) in [5, 5.41) is 13.3. The lowest BCUT2D eigenvalue weighted by Crippen LogP contribution is -2.36. The van der Waals surface area contributed by atoms with Crippen molar-refractivity contribution in [3.8, 4) is 11.5 Å². The fourth-order valence-corrected chi connectivity index (χ4v) is 2.48. The van der Waals surface area contributed by atoms with Crippen molar-refractivity contribution in [2.75, 3.05) is 12.1 Å². The fraction of sp³-hybridized carbons (Fsp3) is 0.538. The molecule has 1 saturated carbocycles. The van der Waals surface area contributed by atoms with Gasteiger partial charge in [0.2, 0.25) is 6.79 Å². The number of ether oxygens (including phenoxy) is 2. The van der Waals surface area contributed by atoms with Crippen molar-refractivity contribution in [2.24, 2.45) is 0 Å². The van der Waals surface area contributed by atoms with E-state index in [1.165, 1.54) is 6.42 Å². The minimum atomic E-state index is -0.242. The number of nitrogens with one attached hydrogen (secondary N) is 1. The molecule has 1 heterocycles. The third kappa shape index (κ3) is 2.17. The smallest absolute Gasteiger partial charge is 0.231 e. The van der Waals surface area contributed by atoms with Crippen LogP contribution in [0.5, 0.6) is 11.5 Å². The van der Waals surface area contributed by atoms with Gasteiger partial charge in [-0.25, -0.2) is 0 Å². The maximum Gasteiger partial charge on any atom is 0.231 e. The molecule has 2 N–H and O–H groups in total. The first kappa shape index (κ1) is 10.7. The molecule has 0 bridgehead atoms. The number of aliphatic hydroxyl groups excluding tert-OH is 1. The second-order valence-electron chi connectivity index (χ2n) is 4.67. The summed E-state index contributed by atoms with van der Waals surface area (Å²) in [5.41, 5.74) is 0.986. The van der Waals surface area contributed by atoms with Crippen molar-refractivity contribution < 1.29 is 14.6 Å². The summed E-state index contributed by atoms with van der Waals surface area (Å²) < 4.78 is 10.6. The lowest BCUT2D eigenvalue weighted by Gasteiger charge is -2.29. The number of benzene rings is 1. The van der Waals surface area contributed by atoms with E-state index in [0.29, 0.717) is 6.79 Å². The van der Waals surface area contributed by atoms with Crippen molar-refractivity contribution in [2.45, 2.75) is 37.8 Å². The number of anilines is 1. The molecule has 1 aromatic rings. The van der Waals surface area contributed by atoms with Crippen molar-refractivity contribution in [1.82, 2.24) is 0 Å². The molecule has 1 aliphatic heterocycles. The summed E-state index contributed by atoms with van der Waals surface area (Å²) in [6.45, 7) is 0.296. The van der Waals surface area contributed by atoms with Crippen molar-refractivity contribution in [3.05, 3.63) is 18.2 Å². The molecule has 4 heteroatoms. The van der Waals surface area contributed by atoms with Crippen LogP contribution in [0.1, 0.15) is 25.7 Å². The van der Waals surface area contributed by atoms with Crippen LogP contribution in [0.4, 0.5) is 5.69 Å². The Kier molecular flexibility index (Phi) is 2.81. The zero-order chi connectivity index (χ0) is 11.7. The SMILES string of the molecule is OC1CCCCC1Nc1ccc2c(c1)OCO2. The van der Waals surface area contributed by atoms with Gasteiger partial charge >= 0.3 is 0 Å². The van der Waals surface area contributed by atoms with Crippen molar-refractivity contribution in [1.29, 1.82) is 0 Å². The predicted molar refractivity (Wildman–Crippen MR) is 64.5 cm³/mol. The Morgan fingerprint density at radius 1 is 1.12 bits per heavy atom.